The van der Waals surface area contributed by atoms with Gasteiger partial charge in [-0.25, -0.2) is 0 Å². The van der Waals surface area contributed by atoms with Gasteiger partial charge in [0.05, 0.1) is 11.4 Å². The second-order valence-corrected chi connectivity index (χ2v) is 4.55. The van der Waals surface area contributed by atoms with Crippen LogP contribution >= 0.6 is 0 Å². The number of hydrogen-bond acceptors (Lipinski definition) is 3. The van der Waals surface area contributed by atoms with Crippen LogP contribution in [0.1, 0.15) is 10.5 Å². The molecular formula is C15H13N3O2. The van der Waals surface area contributed by atoms with Gasteiger partial charge in [0.15, 0.2) is 0 Å². The first kappa shape index (κ1) is 12.3. The molecule has 1 aromatic carbocycles. The van der Waals surface area contributed by atoms with Gasteiger partial charge in [0.25, 0.3) is 5.91 Å². The lowest BCUT2D eigenvalue weighted by atomic mass is 10.1. The van der Waals surface area contributed by atoms with Crippen LogP contribution in [-0.4, -0.2) is 30.4 Å². The molecule has 2 aromatic rings. The number of rotatable bonds is 1. The third kappa shape index (κ3) is 1.93. The molecule has 0 aliphatic carbocycles. The Morgan fingerprint density at radius 1 is 1.10 bits per heavy atom. The van der Waals surface area contributed by atoms with Gasteiger partial charge in [-0.2, -0.15) is 0 Å². The van der Waals surface area contributed by atoms with Gasteiger partial charge in [0.2, 0.25) is 5.91 Å². The maximum Gasteiger partial charge on any atom is 0.277 e. The molecule has 0 saturated carbocycles. The zero-order chi connectivity index (χ0) is 14.1. The highest BCUT2D eigenvalue weighted by Crippen LogP contribution is 2.32. The summed E-state index contributed by atoms with van der Waals surface area (Å²) in [5.74, 6) is -0.382. The van der Waals surface area contributed by atoms with E-state index in [1.807, 2.05) is 24.3 Å². The summed E-state index contributed by atoms with van der Waals surface area (Å²) in [4.78, 5) is 31.6. The van der Waals surface area contributed by atoms with E-state index in [0.717, 1.165) is 11.4 Å². The average molecular weight is 267 g/mol. The first-order valence-electron chi connectivity index (χ1n) is 6.27. The molecule has 3 rings (SSSR count). The highest BCUT2D eigenvalue weighted by Gasteiger charge is 2.31. The number of hydrogen-bond donors (Lipinski definition) is 0. The van der Waals surface area contributed by atoms with Gasteiger partial charge < -0.3 is 4.90 Å². The lowest BCUT2D eigenvalue weighted by Gasteiger charge is -2.33. The lowest BCUT2D eigenvalue weighted by Crippen LogP contribution is -2.46. The summed E-state index contributed by atoms with van der Waals surface area (Å²) in [5, 5.41) is 0. The SMILES string of the molecule is CN1C(=O)CN(C(=O)c2ccccn2)c2ccccc21. The molecule has 0 atom stereocenters. The van der Waals surface area contributed by atoms with Gasteiger partial charge >= 0.3 is 0 Å². The summed E-state index contributed by atoms with van der Waals surface area (Å²) in [7, 11) is 1.71. The monoisotopic (exact) mass is 267 g/mol. The summed E-state index contributed by atoms with van der Waals surface area (Å²) in [5.41, 5.74) is 1.79. The van der Waals surface area contributed by atoms with Crippen molar-refractivity contribution in [3.05, 3.63) is 54.4 Å². The van der Waals surface area contributed by atoms with Crippen LogP contribution in [0, 0.1) is 0 Å². The van der Waals surface area contributed by atoms with Crippen molar-refractivity contribution in [2.75, 3.05) is 23.4 Å². The maximum atomic E-state index is 12.5. The first-order chi connectivity index (χ1) is 9.68. The third-order valence-corrected chi connectivity index (χ3v) is 3.33. The number of benzene rings is 1. The summed E-state index contributed by atoms with van der Waals surface area (Å²) >= 11 is 0. The molecule has 5 heteroatoms. The quantitative estimate of drug-likeness (QED) is 0.790. The van der Waals surface area contributed by atoms with E-state index in [-0.39, 0.29) is 18.4 Å². The van der Waals surface area contributed by atoms with E-state index in [0.29, 0.717) is 5.69 Å². The normalized spacial score (nSPS) is 14.2. The molecule has 1 aromatic heterocycles. The van der Waals surface area contributed by atoms with Gasteiger partial charge in [-0.3, -0.25) is 19.5 Å². The Morgan fingerprint density at radius 2 is 1.80 bits per heavy atom. The Morgan fingerprint density at radius 3 is 2.50 bits per heavy atom. The Balaban J connectivity index is 2.05. The van der Waals surface area contributed by atoms with Crippen molar-refractivity contribution >= 4 is 23.2 Å². The van der Waals surface area contributed by atoms with Crippen LogP contribution in [0.5, 0.6) is 0 Å². The molecule has 0 radical (unpaired) electrons. The van der Waals surface area contributed by atoms with Crippen LogP contribution in [0.25, 0.3) is 0 Å². The molecule has 20 heavy (non-hydrogen) atoms. The van der Waals surface area contributed by atoms with E-state index in [2.05, 4.69) is 4.98 Å². The molecule has 1 aliphatic rings. The number of anilines is 2. The Hall–Kier alpha value is -2.69. The number of likely N-dealkylation sites (N-methyl/N-ethyl adjacent to an activating group) is 1. The smallest absolute Gasteiger partial charge is 0.277 e. The van der Waals surface area contributed by atoms with Crippen LogP contribution in [-0.2, 0) is 4.79 Å². The third-order valence-electron chi connectivity index (χ3n) is 3.33. The highest BCUT2D eigenvalue weighted by atomic mass is 16.2. The van der Waals surface area contributed by atoms with Crippen LogP contribution in [0.3, 0.4) is 0 Å². The van der Waals surface area contributed by atoms with Crippen LogP contribution in [0.15, 0.2) is 48.7 Å². The van der Waals surface area contributed by atoms with Crippen molar-refractivity contribution in [2.24, 2.45) is 0 Å². The van der Waals surface area contributed by atoms with Gasteiger partial charge in [-0.05, 0) is 24.3 Å². The molecule has 1 aliphatic heterocycles. The first-order valence-corrected chi connectivity index (χ1v) is 6.27. The number of carbonyl (C=O) groups is 2. The molecule has 100 valence electrons. The number of para-hydroxylation sites is 2. The highest BCUT2D eigenvalue weighted by molar-refractivity contribution is 6.15. The average Bonchev–Trinajstić information content (AvgIpc) is 2.51. The predicted molar refractivity (Wildman–Crippen MR) is 75.8 cm³/mol. The van der Waals surface area contributed by atoms with Crippen LogP contribution in [0.4, 0.5) is 11.4 Å². The molecule has 5 nitrogen and oxygen atoms in total. The Labute approximate surface area is 116 Å². The number of aromatic nitrogens is 1. The zero-order valence-corrected chi connectivity index (χ0v) is 11.0. The van der Waals surface area contributed by atoms with E-state index in [9.17, 15) is 9.59 Å². The molecule has 0 unspecified atom stereocenters. The molecule has 0 bridgehead atoms. The summed E-state index contributed by atoms with van der Waals surface area (Å²) in [6.07, 6.45) is 1.57. The fourth-order valence-electron chi connectivity index (χ4n) is 2.25. The molecule has 0 saturated heterocycles. The number of amides is 2. The van der Waals surface area contributed by atoms with Crippen molar-refractivity contribution in [3.8, 4) is 0 Å². The van der Waals surface area contributed by atoms with E-state index in [1.54, 1.807) is 36.3 Å². The summed E-state index contributed by atoms with van der Waals surface area (Å²) < 4.78 is 0. The summed E-state index contributed by atoms with van der Waals surface area (Å²) in [6.45, 7) is 0.0307. The molecule has 0 N–H and O–H groups in total. The van der Waals surface area contributed by atoms with E-state index >= 15 is 0 Å². The molecule has 2 amide bonds. The van der Waals surface area contributed by atoms with Gasteiger partial charge in [0, 0.05) is 13.2 Å². The molecule has 0 spiro atoms. The number of nitrogens with zero attached hydrogens (tertiary/aromatic N) is 3. The van der Waals surface area contributed by atoms with Crippen LogP contribution < -0.4 is 9.80 Å². The van der Waals surface area contributed by atoms with Crippen LogP contribution in [0.2, 0.25) is 0 Å². The number of carbonyl (C=O) groups excluding carboxylic acids is 2. The van der Waals surface area contributed by atoms with Crippen molar-refractivity contribution in [1.82, 2.24) is 4.98 Å². The second kappa shape index (κ2) is 4.77. The maximum absolute atomic E-state index is 12.5. The van der Waals surface area contributed by atoms with Crippen molar-refractivity contribution in [1.29, 1.82) is 0 Å². The minimum Gasteiger partial charge on any atom is -0.312 e. The van der Waals surface area contributed by atoms with Gasteiger partial charge in [-0.1, -0.05) is 18.2 Å². The lowest BCUT2D eigenvalue weighted by molar-refractivity contribution is -0.117. The molecule has 0 fully saturated rings. The van der Waals surface area contributed by atoms with E-state index in [4.69, 9.17) is 0 Å². The van der Waals surface area contributed by atoms with Gasteiger partial charge in [-0.15, -0.1) is 0 Å². The largest absolute Gasteiger partial charge is 0.312 e. The van der Waals surface area contributed by atoms with E-state index in [1.165, 1.54) is 4.90 Å². The number of pyridine rings is 1. The fourth-order valence-corrected chi connectivity index (χ4v) is 2.25. The van der Waals surface area contributed by atoms with Gasteiger partial charge in [0.1, 0.15) is 12.2 Å². The summed E-state index contributed by atoms with van der Waals surface area (Å²) in [6, 6.07) is 12.5. The van der Waals surface area contributed by atoms with E-state index < -0.39 is 0 Å². The zero-order valence-electron chi connectivity index (χ0n) is 11.0. The standard InChI is InChI=1S/C15H13N3O2/c1-17-12-7-2-3-8-13(12)18(10-14(17)19)15(20)11-6-4-5-9-16-11/h2-9H,10H2,1H3. The number of fused-ring (bicyclic) bond motifs is 1. The minimum absolute atomic E-state index is 0.0307. The Kier molecular flexibility index (Phi) is 2.95. The van der Waals surface area contributed by atoms with Crippen molar-refractivity contribution < 1.29 is 9.59 Å². The fraction of sp³-hybridized carbons (Fsp3) is 0.133. The van der Waals surface area contributed by atoms with Crippen molar-refractivity contribution in [2.45, 2.75) is 0 Å². The predicted octanol–water partition coefficient (Wildman–Crippen LogP) is 1.70. The Bertz CT molecular complexity index is 670. The van der Waals surface area contributed by atoms with Crippen molar-refractivity contribution in [3.63, 3.8) is 0 Å². The molecular weight excluding hydrogens is 254 g/mol. The topological polar surface area (TPSA) is 53.5 Å². The molecule has 2 heterocycles. The second-order valence-electron chi connectivity index (χ2n) is 4.55. The minimum atomic E-state index is -0.264.